The van der Waals surface area contributed by atoms with Gasteiger partial charge in [-0.25, -0.2) is 9.67 Å². The molecule has 0 saturated heterocycles. The van der Waals surface area contributed by atoms with Crippen molar-refractivity contribution in [3.05, 3.63) is 47.3 Å². The Hall–Kier alpha value is -2.36. The van der Waals surface area contributed by atoms with Crippen molar-refractivity contribution in [3.8, 4) is 5.69 Å². The fraction of sp³-hybridized carbons (Fsp3) is 0.250. The van der Waals surface area contributed by atoms with Crippen LogP contribution in [0.25, 0.3) is 16.7 Å². The van der Waals surface area contributed by atoms with Crippen LogP contribution < -0.4 is 5.73 Å². The standard InChI is InChI=1S/C16H16N4/c1-10-4-2-5-11(8-10)20-16-13(9-18-20)15(17)12-6-3-7-14(12)19-16/h2,4-5,8-9H,3,6-7H2,1H3,(H2,17,19). The number of benzene rings is 1. The zero-order valence-electron chi connectivity index (χ0n) is 11.4. The van der Waals surface area contributed by atoms with Gasteiger partial charge in [0.1, 0.15) is 0 Å². The van der Waals surface area contributed by atoms with Gasteiger partial charge < -0.3 is 5.73 Å². The van der Waals surface area contributed by atoms with Gasteiger partial charge >= 0.3 is 0 Å². The van der Waals surface area contributed by atoms with Gasteiger partial charge in [0.05, 0.1) is 17.3 Å². The SMILES string of the molecule is Cc1cccc(-n2ncc3c(N)c4c(nc32)CCC4)c1. The lowest BCUT2D eigenvalue weighted by molar-refractivity contribution is 0.877. The van der Waals surface area contributed by atoms with Crippen molar-refractivity contribution in [3.63, 3.8) is 0 Å². The maximum absolute atomic E-state index is 6.30. The predicted octanol–water partition coefficient (Wildman–Crippen LogP) is 2.80. The zero-order chi connectivity index (χ0) is 13.7. The first-order valence-electron chi connectivity index (χ1n) is 6.96. The van der Waals surface area contributed by atoms with Gasteiger partial charge in [-0.15, -0.1) is 0 Å². The molecule has 2 heterocycles. The number of hydrogen-bond acceptors (Lipinski definition) is 3. The summed E-state index contributed by atoms with van der Waals surface area (Å²) in [7, 11) is 0. The highest BCUT2D eigenvalue weighted by atomic mass is 15.3. The molecule has 4 rings (SSSR count). The lowest BCUT2D eigenvalue weighted by Gasteiger charge is -2.07. The van der Waals surface area contributed by atoms with Gasteiger partial charge in [-0.3, -0.25) is 0 Å². The summed E-state index contributed by atoms with van der Waals surface area (Å²) in [4.78, 5) is 4.80. The molecule has 0 radical (unpaired) electrons. The van der Waals surface area contributed by atoms with Crippen molar-refractivity contribution in [1.82, 2.24) is 14.8 Å². The molecule has 4 heteroatoms. The van der Waals surface area contributed by atoms with Crippen LogP contribution in [0.1, 0.15) is 23.2 Å². The van der Waals surface area contributed by atoms with Gasteiger partial charge in [0, 0.05) is 11.4 Å². The third-order valence-corrected chi connectivity index (χ3v) is 4.03. The van der Waals surface area contributed by atoms with E-state index in [4.69, 9.17) is 10.7 Å². The van der Waals surface area contributed by atoms with E-state index in [-0.39, 0.29) is 0 Å². The van der Waals surface area contributed by atoms with Crippen LogP contribution >= 0.6 is 0 Å². The third kappa shape index (κ3) is 1.54. The Labute approximate surface area is 117 Å². The van der Waals surface area contributed by atoms with Gasteiger partial charge in [-0.05, 0) is 49.4 Å². The molecule has 100 valence electrons. The fourth-order valence-electron chi connectivity index (χ4n) is 3.02. The lowest BCUT2D eigenvalue weighted by Crippen LogP contribution is -2.02. The second-order valence-corrected chi connectivity index (χ2v) is 5.44. The summed E-state index contributed by atoms with van der Waals surface area (Å²) >= 11 is 0. The number of aromatic nitrogens is 3. The Morgan fingerprint density at radius 3 is 3.00 bits per heavy atom. The smallest absolute Gasteiger partial charge is 0.165 e. The Morgan fingerprint density at radius 2 is 2.15 bits per heavy atom. The highest BCUT2D eigenvalue weighted by Gasteiger charge is 2.20. The van der Waals surface area contributed by atoms with Crippen LogP contribution in [-0.2, 0) is 12.8 Å². The average Bonchev–Trinajstić information content (AvgIpc) is 3.05. The van der Waals surface area contributed by atoms with Crippen LogP contribution in [0.15, 0.2) is 30.5 Å². The Balaban J connectivity index is 2.00. The van der Waals surface area contributed by atoms with E-state index in [0.29, 0.717) is 0 Å². The number of fused-ring (bicyclic) bond motifs is 2. The number of anilines is 1. The molecule has 1 aromatic carbocycles. The molecule has 0 amide bonds. The maximum Gasteiger partial charge on any atom is 0.165 e. The Bertz CT molecular complexity index is 817. The summed E-state index contributed by atoms with van der Waals surface area (Å²) in [6.45, 7) is 2.08. The molecular weight excluding hydrogens is 248 g/mol. The highest BCUT2D eigenvalue weighted by Crippen LogP contribution is 2.32. The molecule has 0 fully saturated rings. The lowest BCUT2D eigenvalue weighted by atomic mass is 10.1. The van der Waals surface area contributed by atoms with E-state index in [1.54, 1.807) is 0 Å². The first kappa shape index (κ1) is 11.5. The maximum atomic E-state index is 6.30. The molecule has 0 aliphatic heterocycles. The van der Waals surface area contributed by atoms with Crippen molar-refractivity contribution in [2.45, 2.75) is 26.2 Å². The first-order chi connectivity index (χ1) is 9.74. The molecule has 4 nitrogen and oxygen atoms in total. The van der Waals surface area contributed by atoms with Gasteiger partial charge in [0.2, 0.25) is 0 Å². The van der Waals surface area contributed by atoms with Crippen molar-refractivity contribution >= 4 is 16.7 Å². The second kappa shape index (κ2) is 4.07. The molecule has 3 aromatic rings. The molecule has 20 heavy (non-hydrogen) atoms. The summed E-state index contributed by atoms with van der Waals surface area (Å²) in [6, 6.07) is 8.27. The normalized spacial score (nSPS) is 13.8. The summed E-state index contributed by atoms with van der Waals surface area (Å²) in [5.74, 6) is 0. The predicted molar refractivity (Wildman–Crippen MR) is 80.0 cm³/mol. The average molecular weight is 264 g/mol. The molecule has 0 atom stereocenters. The highest BCUT2D eigenvalue weighted by molar-refractivity contribution is 5.91. The van der Waals surface area contributed by atoms with Gasteiger partial charge in [-0.2, -0.15) is 5.10 Å². The van der Waals surface area contributed by atoms with Crippen molar-refractivity contribution in [1.29, 1.82) is 0 Å². The third-order valence-electron chi connectivity index (χ3n) is 4.03. The number of pyridine rings is 1. The zero-order valence-corrected chi connectivity index (χ0v) is 11.4. The van der Waals surface area contributed by atoms with E-state index in [9.17, 15) is 0 Å². The largest absolute Gasteiger partial charge is 0.398 e. The number of nitrogens with zero attached hydrogens (tertiary/aromatic N) is 3. The number of nitrogens with two attached hydrogens (primary N) is 1. The quantitative estimate of drug-likeness (QED) is 0.735. The van der Waals surface area contributed by atoms with Gasteiger partial charge in [0.15, 0.2) is 5.65 Å². The first-order valence-corrected chi connectivity index (χ1v) is 6.96. The molecule has 2 N–H and O–H groups in total. The summed E-state index contributed by atoms with van der Waals surface area (Å²) in [5.41, 5.74) is 12.6. The van der Waals surface area contributed by atoms with E-state index >= 15 is 0 Å². The topological polar surface area (TPSA) is 56.7 Å². The summed E-state index contributed by atoms with van der Waals surface area (Å²) in [6.07, 6.45) is 5.05. The molecular formula is C16H16N4. The molecule has 0 spiro atoms. The van der Waals surface area contributed by atoms with E-state index in [0.717, 1.165) is 47.4 Å². The van der Waals surface area contributed by atoms with E-state index in [1.165, 1.54) is 11.1 Å². The van der Waals surface area contributed by atoms with E-state index in [1.807, 2.05) is 23.0 Å². The van der Waals surface area contributed by atoms with E-state index < -0.39 is 0 Å². The second-order valence-electron chi connectivity index (χ2n) is 5.44. The van der Waals surface area contributed by atoms with Crippen LogP contribution in [0.2, 0.25) is 0 Å². The number of nitrogen functional groups attached to an aromatic ring is 1. The van der Waals surface area contributed by atoms with Gasteiger partial charge in [-0.1, -0.05) is 12.1 Å². The monoisotopic (exact) mass is 264 g/mol. The molecule has 1 aliphatic carbocycles. The number of hydrogen-bond donors (Lipinski definition) is 1. The summed E-state index contributed by atoms with van der Waals surface area (Å²) < 4.78 is 1.89. The van der Waals surface area contributed by atoms with Crippen LogP contribution in [0.4, 0.5) is 5.69 Å². The van der Waals surface area contributed by atoms with Gasteiger partial charge in [0.25, 0.3) is 0 Å². The molecule has 1 aliphatic rings. The van der Waals surface area contributed by atoms with Crippen LogP contribution in [-0.4, -0.2) is 14.8 Å². The van der Waals surface area contributed by atoms with Crippen molar-refractivity contribution < 1.29 is 0 Å². The molecule has 0 unspecified atom stereocenters. The molecule has 0 saturated carbocycles. The minimum atomic E-state index is 0.862. The Kier molecular flexibility index (Phi) is 2.33. The van der Waals surface area contributed by atoms with E-state index in [2.05, 4.69) is 24.2 Å². The van der Waals surface area contributed by atoms with Crippen LogP contribution in [0.3, 0.4) is 0 Å². The number of aryl methyl sites for hydroxylation is 2. The van der Waals surface area contributed by atoms with Crippen LogP contribution in [0, 0.1) is 6.92 Å². The molecule has 2 aromatic heterocycles. The van der Waals surface area contributed by atoms with Crippen molar-refractivity contribution in [2.75, 3.05) is 5.73 Å². The Morgan fingerprint density at radius 1 is 1.25 bits per heavy atom. The minimum Gasteiger partial charge on any atom is -0.398 e. The van der Waals surface area contributed by atoms with Crippen LogP contribution in [0.5, 0.6) is 0 Å². The number of rotatable bonds is 1. The summed E-state index contributed by atoms with van der Waals surface area (Å²) in [5, 5.41) is 5.45. The van der Waals surface area contributed by atoms with Crippen molar-refractivity contribution in [2.24, 2.45) is 0 Å². The fourth-order valence-corrected chi connectivity index (χ4v) is 3.02. The minimum absolute atomic E-state index is 0.862. The molecule has 0 bridgehead atoms.